The molecule has 1 aliphatic carbocycles. The topological polar surface area (TPSA) is 108 Å². The Labute approximate surface area is 244 Å². The molecule has 2 aromatic rings. The predicted molar refractivity (Wildman–Crippen MR) is 161 cm³/mol. The van der Waals surface area contributed by atoms with Gasteiger partial charge in [-0.15, -0.1) is 6.58 Å². The minimum absolute atomic E-state index is 0.0530. The smallest absolute Gasteiger partial charge is 0.408 e. The maximum atomic E-state index is 14.4. The Morgan fingerprint density at radius 2 is 1.73 bits per heavy atom. The molecule has 222 valence electrons. The molecule has 1 fully saturated rings. The fourth-order valence-electron chi connectivity index (χ4n) is 5.21. The highest BCUT2D eigenvalue weighted by atomic mass is 16.6. The molecule has 0 saturated heterocycles. The zero-order valence-electron chi connectivity index (χ0n) is 25.0. The number of hydrogen-bond acceptors (Lipinski definition) is 5. The zero-order chi connectivity index (χ0) is 30.2. The number of nitrogens with one attached hydrogen (secondary N) is 2. The fraction of sp³-hybridized carbons (Fsp3) is 0.485. The lowest BCUT2D eigenvalue weighted by Crippen LogP contribution is -2.54. The second kappa shape index (κ2) is 14.2. The van der Waals surface area contributed by atoms with E-state index in [-0.39, 0.29) is 30.7 Å². The monoisotopic (exact) mass is 563 g/mol. The Balaban J connectivity index is 2.03. The molecule has 2 atom stereocenters. The molecule has 0 aliphatic heterocycles. The molecule has 41 heavy (non-hydrogen) atoms. The first-order valence-corrected chi connectivity index (χ1v) is 14.4. The van der Waals surface area contributed by atoms with Crippen LogP contribution >= 0.6 is 0 Å². The van der Waals surface area contributed by atoms with E-state index in [0.717, 1.165) is 54.4 Å². The normalized spacial score (nSPS) is 15.3. The molecule has 3 amide bonds. The highest BCUT2D eigenvalue weighted by molar-refractivity contribution is 5.92. The Bertz CT molecular complexity index is 1210. The molecule has 1 aliphatic rings. The summed E-state index contributed by atoms with van der Waals surface area (Å²) < 4.78 is 5.48. The molecule has 2 aromatic carbocycles. The molecule has 0 radical (unpaired) electrons. The summed E-state index contributed by atoms with van der Waals surface area (Å²) in [4.78, 5) is 42.8. The quantitative estimate of drug-likeness (QED) is 0.324. The number of amides is 3. The Kier molecular flexibility index (Phi) is 11.0. The van der Waals surface area contributed by atoms with E-state index in [1.165, 1.54) is 17.0 Å². The molecular weight excluding hydrogens is 518 g/mol. The van der Waals surface area contributed by atoms with Crippen LogP contribution < -0.4 is 10.6 Å². The first kappa shape index (κ1) is 31.7. The highest BCUT2D eigenvalue weighted by Crippen LogP contribution is 2.28. The van der Waals surface area contributed by atoms with Crippen molar-refractivity contribution >= 4 is 17.9 Å². The van der Waals surface area contributed by atoms with E-state index >= 15 is 0 Å². The molecule has 0 aromatic heterocycles. The molecule has 3 N–H and O–H groups in total. The van der Waals surface area contributed by atoms with E-state index in [9.17, 15) is 19.5 Å². The first-order chi connectivity index (χ1) is 19.4. The summed E-state index contributed by atoms with van der Waals surface area (Å²) in [7, 11) is 0. The molecule has 3 rings (SSSR count). The number of hydrogen-bond donors (Lipinski definition) is 3. The van der Waals surface area contributed by atoms with Crippen molar-refractivity contribution in [1.29, 1.82) is 0 Å². The van der Waals surface area contributed by atoms with Crippen LogP contribution in [0.2, 0.25) is 0 Å². The Hall–Kier alpha value is -3.81. The third-order valence-corrected chi connectivity index (χ3v) is 7.22. The number of phenols is 1. The summed E-state index contributed by atoms with van der Waals surface area (Å²) in [6.07, 6.45) is 6.08. The number of rotatable bonds is 10. The van der Waals surface area contributed by atoms with Crippen molar-refractivity contribution in [2.24, 2.45) is 0 Å². The van der Waals surface area contributed by atoms with Gasteiger partial charge in [0.25, 0.3) is 0 Å². The molecule has 2 unspecified atom stereocenters. The van der Waals surface area contributed by atoms with Gasteiger partial charge in [0, 0.05) is 19.0 Å². The predicted octanol–water partition coefficient (Wildman–Crippen LogP) is 5.65. The van der Waals surface area contributed by atoms with Crippen molar-refractivity contribution in [3.8, 4) is 5.75 Å². The van der Waals surface area contributed by atoms with Crippen LogP contribution in [0.1, 0.15) is 81.2 Å². The molecule has 0 spiro atoms. The lowest BCUT2D eigenvalue weighted by Gasteiger charge is -2.36. The molecule has 0 heterocycles. The van der Waals surface area contributed by atoms with Gasteiger partial charge in [0.05, 0.1) is 0 Å². The van der Waals surface area contributed by atoms with Gasteiger partial charge in [-0.25, -0.2) is 4.79 Å². The van der Waals surface area contributed by atoms with Gasteiger partial charge in [0.15, 0.2) is 0 Å². The highest BCUT2D eigenvalue weighted by Gasteiger charge is 2.37. The average Bonchev–Trinajstić information content (AvgIpc) is 2.90. The summed E-state index contributed by atoms with van der Waals surface area (Å²) in [5.41, 5.74) is 2.55. The van der Waals surface area contributed by atoms with Gasteiger partial charge in [-0.05, 0) is 76.3 Å². The molecular formula is C33H45N3O5. The van der Waals surface area contributed by atoms with Crippen LogP contribution in [-0.4, -0.2) is 52.1 Å². The van der Waals surface area contributed by atoms with Gasteiger partial charge in [0.2, 0.25) is 11.8 Å². The van der Waals surface area contributed by atoms with Gasteiger partial charge in [-0.1, -0.05) is 61.2 Å². The maximum Gasteiger partial charge on any atom is 0.408 e. The average molecular weight is 564 g/mol. The van der Waals surface area contributed by atoms with Gasteiger partial charge in [0.1, 0.15) is 23.4 Å². The standard InChI is InChI=1S/C33H45N3O5/c1-7-19-36(29(27-20-22(2)13-14-23(27)3)30(38)34-25-11-9-8-10-12-25)31(39)28(35-32(40)41-33(4,5)6)21-24-15-17-26(37)18-16-24/h7,13-18,20,25,28-29,37H,1,8-12,19,21H2,2-6H3,(H,34,38)(H,35,40). The molecule has 1 saturated carbocycles. The second-order valence-electron chi connectivity index (χ2n) is 12.0. The number of alkyl carbamates (subject to hydrolysis) is 1. The maximum absolute atomic E-state index is 14.4. The Morgan fingerprint density at radius 1 is 1.07 bits per heavy atom. The first-order valence-electron chi connectivity index (χ1n) is 14.4. The van der Waals surface area contributed by atoms with Crippen molar-refractivity contribution < 1.29 is 24.2 Å². The van der Waals surface area contributed by atoms with Crippen molar-refractivity contribution in [2.45, 2.75) is 96.9 Å². The number of carbonyl (C=O) groups excluding carboxylic acids is 3. The number of benzene rings is 2. The number of aromatic hydroxyl groups is 1. The lowest BCUT2D eigenvalue weighted by molar-refractivity contribution is -0.142. The van der Waals surface area contributed by atoms with Gasteiger partial charge < -0.3 is 25.4 Å². The van der Waals surface area contributed by atoms with E-state index in [1.54, 1.807) is 39.0 Å². The van der Waals surface area contributed by atoms with Crippen LogP contribution in [0.5, 0.6) is 5.75 Å². The number of phenolic OH excluding ortho intramolecular Hbond substituents is 1. The van der Waals surface area contributed by atoms with Crippen molar-refractivity contribution in [3.05, 3.63) is 77.4 Å². The molecule has 8 heteroatoms. The summed E-state index contributed by atoms with van der Waals surface area (Å²) in [6.45, 7) is 13.1. The van der Waals surface area contributed by atoms with Crippen LogP contribution in [0.15, 0.2) is 55.1 Å². The van der Waals surface area contributed by atoms with E-state index in [0.29, 0.717) is 0 Å². The van der Waals surface area contributed by atoms with Crippen LogP contribution in [0.25, 0.3) is 0 Å². The van der Waals surface area contributed by atoms with Gasteiger partial charge >= 0.3 is 6.09 Å². The van der Waals surface area contributed by atoms with Crippen molar-refractivity contribution in [1.82, 2.24) is 15.5 Å². The number of ether oxygens (including phenoxy) is 1. The molecule has 0 bridgehead atoms. The van der Waals surface area contributed by atoms with E-state index in [1.807, 2.05) is 32.0 Å². The van der Waals surface area contributed by atoms with Crippen LogP contribution in [0.4, 0.5) is 4.79 Å². The summed E-state index contributed by atoms with van der Waals surface area (Å²) in [6, 6.07) is 10.4. The van der Waals surface area contributed by atoms with Crippen LogP contribution in [0, 0.1) is 13.8 Å². The van der Waals surface area contributed by atoms with Crippen LogP contribution in [0.3, 0.4) is 0 Å². The Morgan fingerprint density at radius 3 is 2.34 bits per heavy atom. The van der Waals surface area contributed by atoms with Crippen LogP contribution in [-0.2, 0) is 20.7 Å². The van der Waals surface area contributed by atoms with E-state index in [4.69, 9.17) is 4.74 Å². The third-order valence-electron chi connectivity index (χ3n) is 7.22. The number of nitrogens with zero attached hydrogens (tertiary/aromatic N) is 1. The summed E-state index contributed by atoms with van der Waals surface area (Å²) >= 11 is 0. The SMILES string of the molecule is C=CCN(C(=O)C(Cc1ccc(O)cc1)NC(=O)OC(C)(C)C)C(C(=O)NC1CCCCC1)c1cc(C)ccc1C. The molecule has 8 nitrogen and oxygen atoms in total. The zero-order valence-corrected chi connectivity index (χ0v) is 25.0. The van der Waals surface area contributed by atoms with Gasteiger partial charge in [-0.3, -0.25) is 9.59 Å². The van der Waals surface area contributed by atoms with Crippen molar-refractivity contribution in [2.75, 3.05) is 6.54 Å². The van der Waals surface area contributed by atoms with Crippen molar-refractivity contribution in [3.63, 3.8) is 0 Å². The fourth-order valence-corrected chi connectivity index (χ4v) is 5.21. The van der Waals surface area contributed by atoms with Gasteiger partial charge in [-0.2, -0.15) is 0 Å². The number of carbonyl (C=O) groups is 3. The second-order valence-corrected chi connectivity index (χ2v) is 12.0. The lowest BCUT2D eigenvalue weighted by atomic mass is 9.93. The van der Waals surface area contributed by atoms with E-state index in [2.05, 4.69) is 17.2 Å². The third kappa shape index (κ3) is 9.37. The minimum Gasteiger partial charge on any atom is -0.508 e. The minimum atomic E-state index is -1.04. The summed E-state index contributed by atoms with van der Waals surface area (Å²) in [5, 5.41) is 15.7. The summed E-state index contributed by atoms with van der Waals surface area (Å²) in [5.74, 6) is -0.589. The number of aryl methyl sites for hydroxylation is 2. The van der Waals surface area contributed by atoms with E-state index < -0.39 is 29.7 Å². The largest absolute Gasteiger partial charge is 0.508 e.